The summed E-state index contributed by atoms with van der Waals surface area (Å²) in [7, 11) is 0. The van der Waals surface area contributed by atoms with Gasteiger partial charge in [0.25, 0.3) is 6.33 Å². The van der Waals surface area contributed by atoms with Crippen molar-refractivity contribution in [2.75, 3.05) is 0 Å². The van der Waals surface area contributed by atoms with E-state index in [1.54, 1.807) is 0 Å². The first-order valence-electron chi connectivity index (χ1n) is 12.0. The fourth-order valence-electron chi connectivity index (χ4n) is 5.35. The highest BCUT2D eigenvalue weighted by Crippen LogP contribution is 2.49. The predicted octanol–water partition coefficient (Wildman–Crippen LogP) is 8.56. The van der Waals surface area contributed by atoms with Crippen LogP contribution in [0.15, 0.2) is 54.9 Å². The molecule has 0 saturated heterocycles. The van der Waals surface area contributed by atoms with Crippen molar-refractivity contribution < 1.29 is 4.57 Å². The SMILES string of the molecule is Cc1ccc2c(c1)-c1c3sc(-c4sc(-c5ccccc5)c(C)c4C)c(C)c3nc[n+]1C(C)C2C. The van der Waals surface area contributed by atoms with E-state index in [9.17, 15) is 0 Å². The summed E-state index contributed by atoms with van der Waals surface area (Å²) in [5, 5.41) is 0. The zero-order chi connectivity index (χ0) is 23.7. The molecule has 0 amide bonds. The zero-order valence-corrected chi connectivity index (χ0v) is 22.2. The van der Waals surface area contributed by atoms with E-state index in [-0.39, 0.29) is 0 Å². The Hall–Kier alpha value is -2.82. The first kappa shape index (κ1) is 21.7. The van der Waals surface area contributed by atoms with E-state index in [4.69, 9.17) is 4.98 Å². The number of hydrogen-bond donors (Lipinski definition) is 0. The molecule has 2 unspecified atom stereocenters. The Labute approximate surface area is 209 Å². The molecular weight excluding hydrogens is 452 g/mol. The number of aryl methyl sites for hydroxylation is 2. The van der Waals surface area contributed by atoms with Crippen molar-refractivity contribution in [2.24, 2.45) is 0 Å². The third-order valence-electron chi connectivity index (χ3n) is 7.71. The number of nitrogens with zero attached hydrogens (tertiary/aromatic N) is 2. The van der Waals surface area contributed by atoms with Gasteiger partial charge in [0.2, 0.25) is 5.52 Å². The summed E-state index contributed by atoms with van der Waals surface area (Å²) in [5.74, 6) is 0.462. The minimum atomic E-state index is 0.378. The maximum absolute atomic E-state index is 5.02. The van der Waals surface area contributed by atoms with Crippen LogP contribution in [0.3, 0.4) is 0 Å². The van der Waals surface area contributed by atoms with Crippen LogP contribution in [0.4, 0.5) is 0 Å². The van der Waals surface area contributed by atoms with Gasteiger partial charge in [-0.2, -0.15) is 0 Å². The summed E-state index contributed by atoms with van der Waals surface area (Å²) in [6, 6.07) is 18.1. The molecule has 2 atom stereocenters. The molecule has 0 aliphatic carbocycles. The lowest BCUT2D eigenvalue weighted by Crippen LogP contribution is -2.45. The van der Waals surface area contributed by atoms with Crippen molar-refractivity contribution in [1.29, 1.82) is 0 Å². The average Bonchev–Trinajstić information content (AvgIpc) is 3.33. The Morgan fingerprint density at radius 2 is 1.50 bits per heavy atom. The highest BCUT2D eigenvalue weighted by molar-refractivity contribution is 7.27. The predicted molar refractivity (Wildman–Crippen MR) is 146 cm³/mol. The number of aromatic nitrogens is 2. The van der Waals surface area contributed by atoms with Crippen molar-refractivity contribution in [3.8, 4) is 31.5 Å². The second kappa shape index (κ2) is 7.86. The van der Waals surface area contributed by atoms with Crippen LogP contribution in [0.1, 0.15) is 53.6 Å². The van der Waals surface area contributed by atoms with Crippen LogP contribution in [0.5, 0.6) is 0 Å². The van der Waals surface area contributed by atoms with Gasteiger partial charge in [-0.05, 0) is 67.9 Å². The van der Waals surface area contributed by atoms with Gasteiger partial charge in [0.1, 0.15) is 10.7 Å². The van der Waals surface area contributed by atoms with Crippen LogP contribution in [0, 0.1) is 27.7 Å². The van der Waals surface area contributed by atoms with E-state index >= 15 is 0 Å². The molecule has 34 heavy (non-hydrogen) atoms. The Kier molecular flexibility index (Phi) is 5.02. The molecule has 4 heterocycles. The van der Waals surface area contributed by atoms with Gasteiger partial charge >= 0.3 is 0 Å². The van der Waals surface area contributed by atoms with Gasteiger partial charge in [0, 0.05) is 26.8 Å². The van der Waals surface area contributed by atoms with Crippen molar-refractivity contribution in [3.05, 3.63) is 82.7 Å². The summed E-state index contributed by atoms with van der Waals surface area (Å²) >= 11 is 3.85. The standard InChI is InChI=1S/C30H29N2S2/c1-16-12-13-23-19(4)21(6)32-15-31-25-20(5)29(34-30(25)26(32)24(23)14-16)28-18(3)17(2)27(33-28)22-10-8-7-9-11-22/h7-15,19,21H,1-6H3/q+1. The lowest BCUT2D eigenvalue weighted by atomic mass is 9.84. The lowest BCUT2D eigenvalue weighted by Gasteiger charge is -2.28. The molecule has 2 aromatic carbocycles. The van der Waals surface area contributed by atoms with Crippen molar-refractivity contribution in [2.45, 2.75) is 53.5 Å². The van der Waals surface area contributed by atoms with Crippen molar-refractivity contribution in [3.63, 3.8) is 0 Å². The molecule has 0 bridgehead atoms. The summed E-state index contributed by atoms with van der Waals surface area (Å²) < 4.78 is 3.73. The molecule has 170 valence electrons. The molecule has 0 N–H and O–H groups in total. The Morgan fingerprint density at radius 1 is 0.794 bits per heavy atom. The van der Waals surface area contributed by atoms with Gasteiger partial charge < -0.3 is 0 Å². The minimum Gasteiger partial charge on any atom is -0.225 e. The molecular formula is C30H29N2S2+. The van der Waals surface area contributed by atoms with E-state index < -0.39 is 0 Å². The first-order chi connectivity index (χ1) is 16.4. The number of rotatable bonds is 2. The van der Waals surface area contributed by atoms with Crippen LogP contribution in [-0.2, 0) is 0 Å². The maximum atomic E-state index is 5.02. The molecule has 0 saturated carbocycles. The van der Waals surface area contributed by atoms with Gasteiger partial charge in [-0.3, -0.25) is 0 Å². The Bertz CT molecular complexity index is 1570. The third kappa shape index (κ3) is 3.05. The first-order valence-corrected chi connectivity index (χ1v) is 13.6. The van der Waals surface area contributed by atoms with Crippen LogP contribution in [0.25, 0.3) is 41.7 Å². The highest BCUT2D eigenvalue weighted by Gasteiger charge is 2.35. The zero-order valence-electron chi connectivity index (χ0n) is 20.6. The van der Waals surface area contributed by atoms with Gasteiger partial charge in [-0.1, -0.05) is 55.0 Å². The Balaban J connectivity index is 1.62. The molecule has 2 nitrogen and oxygen atoms in total. The second-order valence-electron chi connectivity index (χ2n) is 9.73. The van der Waals surface area contributed by atoms with E-state index in [1.807, 2.05) is 22.7 Å². The average molecular weight is 482 g/mol. The molecule has 0 spiro atoms. The highest BCUT2D eigenvalue weighted by atomic mass is 32.1. The molecule has 1 aliphatic rings. The number of fused-ring (bicyclic) bond motifs is 5. The topological polar surface area (TPSA) is 16.8 Å². The van der Waals surface area contributed by atoms with Gasteiger partial charge in [-0.25, -0.2) is 4.57 Å². The summed E-state index contributed by atoms with van der Waals surface area (Å²) in [6.45, 7) is 13.6. The molecule has 1 aliphatic heterocycles. The number of hydrogen-bond acceptors (Lipinski definition) is 3. The van der Waals surface area contributed by atoms with Gasteiger partial charge in [0.05, 0.1) is 4.88 Å². The van der Waals surface area contributed by atoms with Crippen molar-refractivity contribution >= 4 is 32.9 Å². The third-order valence-corrected chi connectivity index (χ3v) is 10.6. The van der Waals surface area contributed by atoms with Gasteiger partial charge in [0.15, 0.2) is 5.69 Å². The summed E-state index contributed by atoms with van der Waals surface area (Å²) in [6.07, 6.45) is 2.08. The van der Waals surface area contributed by atoms with Gasteiger partial charge in [-0.15, -0.1) is 22.7 Å². The van der Waals surface area contributed by atoms with E-state index in [0.717, 1.165) is 5.52 Å². The largest absolute Gasteiger partial charge is 0.287 e. The fourth-order valence-corrected chi connectivity index (χ4v) is 8.23. The van der Waals surface area contributed by atoms with E-state index in [1.165, 1.54) is 64.0 Å². The van der Waals surface area contributed by atoms with Crippen LogP contribution < -0.4 is 4.57 Å². The van der Waals surface area contributed by atoms with Crippen LogP contribution >= 0.6 is 22.7 Å². The van der Waals surface area contributed by atoms with E-state index in [0.29, 0.717) is 12.0 Å². The second-order valence-corrected chi connectivity index (χ2v) is 11.8. The van der Waals surface area contributed by atoms with Crippen LogP contribution in [0.2, 0.25) is 0 Å². The molecule has 0 fully saturated rings. The molecule has 5 aromatic rings. The molecule has 0 radical (unpaired) electrons. The fraction of sp³-hybridized carbons (Fsp3) is 0.267. The number of thiophene rings is 2. The summed E-state index contributed by atoms with van der Waals surface area (Å²) in [5.41, 5.74) is 12.0. The molecule has 6 rings (SSSR count). The minimum absolute atomic E-state index is 0.378. The van der Waals surface area contributed by atoms with Crippen LogP contribution in [-0.4, -0.2) is 4.98 Å². The normalized spacial score (nSPS) is 17.1. The quantitative estimate of drug-likeness (QED) is 0.231. The smallest absolute Gasteiger partial charge is 0.225 e. The van der Waals surface area contributed by atoms with E-state index in [2.05, 4.69) is 101 Å². The molecule has 3 aromatic heterocycles. The number of benzene rings is 2. The molecule has 4 heteroatoms. The summed E-state index contributed by atoms with van der Waals surface area (Å²) in [4.78, 5) is 9.14. The Morgan fingerprint density at radius 3 is 2.26 bits per heavy atom. The lowest BCUT2D eigenvalue weighted by molar-refractivity contribution is -0.715. The maximum Gasteiger partial charge on any atom is 0.287 e. The van der Waals surface area contributed by atoms with Crippen molar-refractivity contribution in [1.82, 2.24) is 4.98 Å². The monoisotopic (exact) mass is 481 g/mol.